The number of hydrogen-bond donors (Lipinski definition) is 2. The molecule has 0 saturated carbocycles. The summed E-state index contributed by atoms with van der Waals surface area (Å²) in [7, 11) is 0. The van der Waals surface area contributed by atoms with Crippen LogP contribution in [-0.2, 0) is 11.2 Å². The number of fused-ring (bicyclic) bond motifs is 1. The lowest BCUT2D eigenvalue weighted by molar-refractivity contribution is -0.115. The largest absolute Gasteiger partial charge is 0.490 e. The topological polar surface area (TPSA) is 97.5 Å². The zero-order chi connectivity index (χ0) is 27.5. The molecule has 3 aromatic carbocycles. The molecule has 198 valence electrons. The number of amides is 2. The molecule has 1 aromatic heterocycles. The first-order chi connectivity index (χ1) is 18.8. The summed E-state index contributed by atoms with van der Waals surface area (Å²) in [5.74, 6) is 0.00497. The first-order valence-corrected chi connectivity index (χ1v) is 13.1. The summed E-state index contributed by atoms with van der Waals surface area (Å²) in [5, 5.41) is 2.36. The molecule has 0 bridgehead atoms. The van der Waals surface area contributed by atoms with Crippen molar-refractivity contribution < 1.29 is 23.5 Å². The van der Waals surface area contributed by atoms with Crippen molar-refractivity contribution in [2.24, 2.45) is 0 Å². The van der Waals surface area contributed by atoms with E-state index in [2.05, 4.69) is 10.3 Å². The van der Waals surface area contributed by atoms with E-state index in [1.54, 1.807) is 31.2 Å². The molecular weight excluding hydrogens is 519 g/mol. The number of carbonyl (C=O) groups is 2. The monoisotopic (exact) mass is 544 g/mol. The van der Waals surface area contributed by atoms with Crippen LogP contribution in [0.2, 0.25) is 0 Å². The number of pyridine rings is 1. The molecule has 0 unspecified atom stereocenters. The average molecular weight is 545 g/mol. The Kier molecular flexibility index (Phi) is 7.51. The van der Waals surface area contributed by atoms with Gasteiger partial charge in [0.1, 0.15) is 24.8 Å². The fourth-order valence-electron chi connectivity index (χ4n) is 4.36. The fraction of sp³-hybridized carbons (Fsp3) is 0.167. The van der Waals surface area contributed by atoms with Crippen molar-refractivity contribution in [3.8, 4) is 22.8 Å². The van der Waals surface area contributed by atoms with Gasteiger partial charge in [0.15, 0.2) is 5.75 Å². The van der Waals surface area contributed by atoms with Crippen LogP contribution in [0.25, 0.3) is 22.2 Å². The van der Waals surface area contributed by atoms with Crippen molar-refractivity contribution in [2.75, 3.05) is 13.2 Å². The minimum Gasteiger partial charge on any atom is -0.490 e. The van der Waals surface area contributed by atoms with Gasteiger partial charge in [-0.25, -0.2) is 4.39 Å². The fourth-order valence-corrected chi connectivity index (χ4v) is 5.01. The van der Waals surface area contributed by atoms with E-state index >= 15 is 0 Å². The van der Waals surface area contributed by atoms with Gasteiger partial charge in [-0.2, -0.15) is 0 Å². The van der Waals surface area contributed by atoms with E-state index in [0.29, 0.717) is 44.8 Å². The first kappa shape index (κ1) is 26.2. The van der Waals surface area contributed by atoms with Crippen LogP contribution < -0.4 is 20.2 Å². The molecule has 7 nitrogen and oxygen atoms in total. The van der Waals surface area contributed by atoms with E-state index in [9.17, 15) is 18.8 Å². The van der Waals surface area contributed by atoms with Crippen LogP contribution in [-0.4, -0.2) is 29.3 Å². The zero-order valence-electron chi connectivity index (χ0n) is 21.3. The Balaban J connectivity index is 1.32. The maximum absolute atomic E-state index is 13.8. The van der Waals surface area contributed by atoms with Crippen molar-refractivity contribution >= 4 is 33.8 Å². The number of nitrogens with one attached hydrogen (secondary N) is 2. The average Bonchev–Trinajstić information content (AvgIpc) is 3.23. The SMILES string of the molecule is Cc1ccc2c(=O)c(OCCOc3cccc(CC=C4SC(=O)NC4=O)c3)c(-c3ccc(F)cc3C)[nH]c2c1. The number of carbonyl (C=O) groups excluding carboxylic acids is 2. The summed E-state index contributed by atoms with van der Waals surface area (Å²) in [4.78, 5) is 40.2. The van der Waals surface area contributed by atoms with E-state index < -0.39 is 0 Å². The number of thioether (sulfide) groups is 1. The van der Waals surface area contributed by atoms with E-state index in [0.717, 1.165) is 22.9 Å². The molecule has 0 radical (unpaired) electrons. The number of imide groups is 1. The maximum atomic E-state index is 13.8. The second kappa shape index (κ2) is 11.2. The molecule has 1 fully saturated rings. The third-order valence-electron chi connectivity index (χ3n) is 6.23. The highest BCUT2D eigenvalue weighted by molar-refractivity contribution is 8.18. The third kappa shape index (κ3) is 5.88. The van der Waals surface area contributed by atoms with Crippen molar-refractivity contribution in [2.45, 2.75) is 20.3 Å². The number of benzene rings is 3. The third-order valence-corrected chi connectivity index (χ3v) is 7.09. The van der Waals surface area contributed by atoms with Crippen molar-refractivity contribution in [3.63, 3.8) is 0 Å². The molecule has 4 aromatic rings. The van der Waals surface area contributed by atoms with Crippen LogP contribution in [0.15, 0.2) is 76.4 Å². The number of H-pyrrole nitrogens is 1. The Hall–Kier alpha value is -4.37. The second-order valence-corrected chi connectivity index (χ2v) is 10.1. The van der Waals surface area contributed by atoms with Gasteiger partial charge in [-0.05, 0) is 91.2 Å². The van der Waals surface area contributed by atoms with E-state index in [-0.39, 0.29) is 41.4 Å². The number of rotatable bonds is 8. The molecule has 1 aliphatic rings. The van der Waals surface area contributed by atoms with Gasteiger partial charge < -0.3 is 14.5 Å². The highest BCUT2D eigenvalue weighted by Crippen LogP contribution is 2.31. The van der Waals surface area contributed by atoms with E-state index in [1.165, 1.54) is 12.1 Å². The lowest BCUT2D eigenvalue weighted by atomic mass is 10.0. The highest BCUT2D eigenvalue weighted by Gasteiger charge is 2.24. The summed E-state index contributed by atoms with van der Waals surface area (Å²) < 4.78 is 25.6. The number of aromatic nitrogens is 1. The van der Waals surface area contributed by atoms with Crippen LogP contribution in [0.1, 0.15) is 16.7 Å². The quantitative estimate of drug-likeness (QED) is 0.214. The molecule has 0 atom stereocenters. The predicted molar refractivity (Wildman–Crippen MR) is 150 cm³/mol. The van der Waals surface area contributed by atoms with E-state index in [1.807, 2.05) is 37.3 Å². The molecule has 1 aliphatic heterocycles. The Morgan fingerprint density at radius 2 is 1.77 bits per heavy atom. The van der Waals surface area contributed by atoms with Gasteiger partial charge in [0.2, 0.25) is 5.43 Å². The minimum atomic E-state index is -0.386. The molecule has 2 amide bonds. The Morgan fingerprint density at radius 1 is 0.949 bits per heavy atom. The summed E-state index contributed by atoms with van der Waals surface area (Å²) in [5.41, 5.74) is 4.15. The number of hydrogen-bond acceptors (Lipinski definition) is 6. The number of allylic oxidation sites excluding steroid dienone is 1. The Morgan fingerprint density at radius 3 is 2.54 bits per heavy atom. The van der Waals surface area contributed by atoms with Gasteiger partial charge in [0.05, 0.1) is 16.1 Å². The number of aromatic amines is 1. The summed E-state index contributed by atoms with van der Waals surface area (Å²) in [6.45, 7) is 3.99. The minimum absolute atomic E-state index is 0.0981. The van der Waals surface area contributed by atoms with Crippen molar-refractivity contribution in [3.05, 3.63) is 104 Å². The summed E-state index contributed by atoms with van der Waals surface area (Å²) in [6, 6.07) is 17.3. The molecule has 0 spiro atoms. The lowest BCUT2D eigenvalue weighted by Crippen LogP contribution is -2.17. The lowest BCUT2D eigenvalue weighted by Gasteiger charge is -2.15. The van der Waals surface area contributed by atoms with Gasteiger partial charge >= 0.3 is 0 Å². The maximum Gasteiger partial charge on any atom is 0.290 e. The summed E-state index contributed by atoms with van der Waals surface area (Å²) in [6.07, 6.45) is 2.17. The van der Waals surface area contributed by atoms with Crippen LogP contribution in [0, 0.1) is 19.7 Å². The predicted octanol–water partition coefficient (Wildman–Crippen LogP) is 5.82. The van der Waals surface area contributed by atoms with Crippen LogP contribution in [0.3, 0.4) is 0 Å². The second-order valence-electron chi connectivity index (χ2n) is 9.13. The number of ether oxygens (including phenoxy) is 2. The van der Waals surface area contributed by atoms with Gasteiger partial charge in [-0.3, -0.25) is 19.7 Å². The standard InChI is InChI=1S/C30H25FN2O5S/c1-17-6-9-23-24(14-17)32-26(22-10-8-20(31)15-18(22)2)28(27(23)34)38-13-12-37-21-5-3-4-19(16-21)7-11-25-29(35)33-30(36)39-25/h3-6,8-11,14-16H,7,12-13H2,1-2H3,(H,32,34)(H,33,35,36). The van der Waals surface area contributed by atoms with Crippen LogP contribution >= 0.6 is 11.8 Å². The smallest absolute Gasteiger partial charge is 0.290 e. The normalized spacial score (nSPS) is 14.2. The molecule has 9 heteroatoms. The molecule has 5 rings (SSSR count). The molecule has 1 saturated heterocycles. The Labute approximate surface area is 228 Å². The molecule has 39 heavy (non-hydrogen) atoms. The molecule has 0 aliphatic carbocycles. The molecular formula is C30H25FN2O5S. The highest BCUT2D eigenvalue weighted by atomic mass is 32.2. The van der Waals surface area contributed by atoms with Gasteiger partial charge in [-0.15, -0.1) is 0 Å². The number of halogens is 1. The zero-order valence-corrected chi connectivity index (χ0v) is 22.1. The first-order valence-electron chi connectivity index (χ1n) is 12.3. The van der Waals surface area contributed by atoms with Gasteiger partial charge in [0, 0.05) is 10.9 Å². The van der Waals surface area contributed by atoms with Gasteiger partial charge in [-0.1, -0.05) is 24.3 Å². The Bertz CT molecular complexity index is 1700. The van der Waals surface area contributed by atoms with Crippen molar-refractivity contribution in [1.29, 1.82) is 0 Å². The molecule has 2 N–H and O–H groups in total. The van der Waals surface area contributed by atoms with Gasteiger partial charge in [0.25, 0.3) is 11.1 Å². The van der Waals surface area contributed by atoms with Crippen LogP contribution in [0.4, 0.5) is 9.18 Å². The molecule has 2 heterocycles. The van der Waals surface area contributed by atoms with E-state index in [4.69, 9.17) is 9.47 Å². The number of aryl methyl sites for hydroxylation is 2. The summed E-state index contributed by atoms with van der Waals surface area (Å²) >= 11 is 0.882. The van der Waals surface area contributed by atoms with Crippen molar-refractivity contribution in [1.82, 2.24) is 10.3 Å². The van der Waals surface area contributed by atoms with Crippen LogP contribution in [0.5, 0.6) is 11.5 Å².